The highest BCUT2D eigenvalue weighted by Crippen LogP contribution is 2.22. The number of H-pyrrole nitrogens is 1. The molecule has 0 amide bonds. The highest BCUT2D eigenvalue weighted by molar-refractivity contribution is 6.31. The van der Waals surface area contributed by atoms with Gasteiger partial charge in [0, 0.05) is 10.7 Å². The molecule has 0 saturated carbocycles. The first-order valence-electron chi connectivity index (χ1n) is 5.56. The number of nitrogens with one attached hydrogen (secondary N) is 2. The SMILES string of the molecule is Cc1cc(Nc2ccc3[nH]cnc3n2)ccc1Cl.Cl. The summed E-state index contributed by atoms with van der Waals surface area (Å²) < 4.78 is 0. The summed E-state index contributed by atoms with van der Waals surface area (Å²) in [5.74, 6) is 0.760. The van der Waals surface area contributed by atoms with E-state index in [1.54, 1.807) is 6.33 Å². The van der Waals surface area contributed by atoms with Crippen LogP contribution in [0.2, 0.25) is 5.02 Å². The van der Waals surface area contributed by atoms with E-state index in [4.69, 9.17) is 11.6 Å². The first-order chi connectivity index (χ1) is 8.72. The molecule has 4 nitrogen and oxygen atoms in total. The van der Waals surface area contributed by atoms with Gasteiger partial charge in [0.15, 0.2) is 5.65 Å². The number of aryl methyl sites for hydroxylation is 1. The minimum atomic E-state index is 0. The van der Waals surface area contributed by atoms with E-state index in [1.807, 2.05) is 37.3 Å². The number of aromatic nitrogens is 3. The lowest BCUT2D eigenvalue weighted by Crippen LogP contribution is -1.94. The van der Waals surface area contributed by atoms with Crippen molar-refractivity contribution in [2.24, 2.45) is 0 Å². The number of benzene rings is 1. The normalized spacial score (nSPS) is 10.2. The number of imidazole rings is 1. The highest BCUT2D eigenvalue weighted by atomic mass is 35.5. The van der Waals surface area contributed by atoms with Crippen molar-refractivity contribution >= 4 is 46.7 Å². The van der Waals surface area contributed by atoms with Crippen LogP contribution in [0.4, 0.5) is 11.5 Å². The van der Waals surface area contributed by atoms with Gasteiger partial charge in [-0.2, -0.15) is 0 Å². The van der Waals surface area contributed by atoms with Gasteiger partial charge in [-0.05, 0) is 42.8 Å². The van der Waals surface area contributed by atoms with E-state index < -0.39 is 0 Å². The fraction of sp³-hybridized carbons (Fsp3) is 0.0769. The fourth-order valence-electron chi connectivity index (χ4n) is 1.76. The Morgan fingerprint density at radius 1 is 1.21 bits per heavy atom. The van der Waals surface area contributed by atoms with Gasteiger partial charge in [-0.1, -0.05) is 11.6 Å². The molecule has 0 aliphatic rings. The van der Waals surface area contributed by atoms with Crippen LogP contribution < -0.4 is 5.32 Å². The van der Waals surface area contributed by atoms with Crippen LogP contribution in [-0.2, 0) is 0 Å². The summed E-state index contributed by atoms with van der Waals surface area (Å²) in [6, 6.07) is 9.63. The highest BCUT2D eigenvalue weighted by Gasteiger charge is 2.02. The maximum absolute atomic E-state index is 5.99. The summed E-state index contributed by atoms with van der Waals surface area (Å²) in [7, 11) is 0. The van der Waals surface area contributed by atoms with Gasteiger partial charge in [0.2, 0.25) is 0 Å². The molecule has 0 spiro atoms. The molecule has 0 radical (unpaired) electrons. The van der Waals surface area contributed by atoms with Crippen molar-refractivity contribution < 1.29 is 0 Å². The van der Waals surface area contributed by atoms with E-state index >= 15 is 0 Å². The predicted molar refractivity (Wildman–Crippen MR) is 80.6 cm³/mol. The molecule has 0 unspecified atom stereocenters. The van der Waals surface area contributed by atoms with E-state index in [0.717, 1.165) is 27.6 Å². The molecule has 0 aliphatic heterocycles. The topological polar surface area (TPSA) is 53.6 Å². The minimum absolute atomic E-state index is 0. The Labute approximate surface area is 121 Å². The Morgan fingerprint density at radius 3 is 2.84 bits per heavy atom. The van der Waals surface area contributed by atoms with Crippen molar-refractivity contribution in [2.75, 3.05) is 5.32 Å². The second kappa shape index (κ2) is 5.47. The third kappa shape index (κ3) is 2.80. The third-order valence-corrected chi connectivity index (χ3v) is 3.14. The molecule has 2 N–H and O–H groups in total. The molecule has 3 aromatic rings. The van der Waals surface area contributed by atoms with Crippen molar-refractivity contribution in [1.29, 1.82) is 0 Å². The second-order valence-electron chi connectivity index (χ2n) is 4.06. The maximum atomic E-state index is 5.99. The van der Waals surface area contributed by atoms with Gasteiger partial charge in [0.05, 0.1) is 11.8 Å². The molecule has 1 aromatic carbocycles. The summed E-state index contributed by atoms with van der Waals surface area (Å²) in [4.78, 5) is 11.5. The first kappa shape index (κ1) is 13.6. The number of pyridine rings is 1. The van der Waals surface area contributed by atoms with Gasteiger partial charge >= 0.3 is 0 Å². The predicted octanol–water partition coefficient (Wildman–Crippen LogP) is 4.09. The summed E-state index contributed by atoms with van der Waals surface area (Å²) >= 11 is 5.99. The average molecular weight is 295 g/mol. The Kier molecular flexibility index (Phi) is 3.93. The average Bonchev–Trinajstić information content (AvgIpc) is 2.81. The minimum Gasteiger partial charge on any atom is -0.343 e. The van der Waals surface area contributed by atoms with Crippen molar-refractivity contribution in [3.05, 3.63) is 47.2 Å². The van der Waals surface area contributed by atoms with Crippen LogP contribution in [0.3, 0.4) is 0 Å². The van der Waals surface area contributed by atoms with Crippen LogP contribution in [0.25, 0.3) is 11.2 Å². The van der Waals surface area contributed by atoms with Crippen LogP contribution in [0.15, 0.2) is 36.7 Å². The molecular formula is C13H12Cl2N4. The Bertz CT molecular complexity index is 709. The molecule has 98 valence electrons. The largest absolute Gasteiger partial charge is 0.343 e. The number of aromatic amines is 1. The Hall–Kier alpha value is -1.78. The summed E-state index contributed by atoms with van der Waals surface area (Å²) in [6.45, 7) is 1.97. The van der Waals surface area contributed by atoms with Crippen LogP contribution in [0.5, 0.6) is 0 Å². The van der Waals surface area contributed by atoms with E-state index in [1.165, 1.54) is 0 Å². The molecule has 19 heavy (non-hydrogen) atoms. The van der Waals surface area contributed by atoms with Gasteiger partial charge in [-0.25, -0.2) is 9.97 Å². The smallest absolute Gasteiger partial charge is 0.179 e. The van der Waals surface area contributed by atoms with Crippen molar-refractivity contribution in [2.45, 2.75) is 6.92 Å². The van der Waals surface area contributed by atoms with Crippen molar-refractivity contribution in [3.8, 4) is 0 Å². The lowest BCUT2D eigenvalue weighted by molar-refractivity contribution is 1.29. The maximum Gasteiger partial charge on any atom is 0.179 e. The van der Waals surface area contributed by atoms with Crippen molar-refractivity contribution in [3.63, 3.8) is 0 Å². The van der Waals surface area contributed by atoms with Gasteiger partial charge in [0.1, 0.15) is 5.82 Å². The zero-order chi connectivity index (χ0) is 12.5. The lowest BCUT2D eigenvalue weighted by Gasteiger charge is -2.07. The quantitative estimate of drug-likeness (QED) is 0.749. The van der Waals surface area contributed by atoms with Crippen LogP contribution >= 0.6 is 24.0 Å². The van der Waals surface area contributed by atoms with Gasteiger partial charge in [0.25, 0.3) is 0 Å². The first-order valence-corrected chi connectivity index (χ1v) is 5.93. The number of nitrogens with zero attached hydrogens (tertiary/aromatic N) is 2. The summed E-state index contributed by atoms with van der Waals surface area (Å²) in [6.07, 6.45) is 1.63. The van der Waals surface area contributed by atoms with Gasteiger partial charge in [-0.3, -0.25) is 0 Å². The number of halogens is 2. The molecule has 2 aromatic heterocycles. The Balaban J connectivity index is 0.00000133. The zero-order valence-electron chi connectivity index (χ0n) is 10.1. The number of fused-ring (bicyclic) bond motifs is 1. The fourth-order valence-corrected chi connectivity index (χ4v) is 1.88. The van der Waals surface area contributed by atoms with E-state index in [0.29, 0.717) is 5.65 Å². The molecule has 2 heterocycles. The third-order valence-electron chi connectivity index (χ3n) is 2.71. The summed E-state index contributed by atoms with van der Waals surface area (Å²) in [5, 5.41) is 3.99. The number of anilines is 2. The molecule has 3 rings (SSSR count). The van der Waals surface area contributed by atoms with E-state index in [9.17, 15) is 0 Å². The zero-order valence-corrected chi connectivity index (χ0v) is 11.7. The van der Waals surface area contributed by atoms with Crippen LogP contribution in [0.1, 0.15) is 5.56 Å². The monoisotopic (exact) mass is 294 g/mol. The molecule has 0 fully saturated rings. The number of rotatable bonds is 2. The molecule has 0 bridgehead atoms. The molecule has 0 saturated heterocycles. The van der Waals surface area contributed by atoms with Crippen LogP contribution in [-0.4, -0.2) is 15.0 Å². The number of hydrogen-bond acceptors (Lipinski definition) is 3. The molecule has 0 aliphatic carbocycles. The van der Waals surface area contributed by atoms with Crippen LogP contribution in [0, 0.1) is 6.92 Å². The van der Waals surface area contributed by atoms with E-state index in [2.05, 4.69) is 20.3 Å². The molecular weight excluding hydrogens is 283 g/mol. The van der Waals surface area contributed by atoms with E-state index in [-0.39, 0.29) is 12.4 Å². The molecule has 6 heteroatoms. The Morgan fingerprint density at radius 2 is 2.05 bits per heavy atom. The summed E-state index contributed by atoms with van der Waals surface area (Å²) in [5.41, 5.74) is 3.61. The number of hydrogen-bond donors (Lipinski definition) is 2. The van der Waals surface area contributed by atoms with Gasteiger partial charge in [-0.15, -0.1) is 12.4 Å². The van der Waals surface area contributed by atoms with Crippen molar-refractivity contribution in [1.82, 2.24) is 15.0 Å². The van der Waals surface area contributed by atoms with Gasteiger partial charge < -0.3 is 10.3 Å². The lowest BCUT2D eigenvalue weighted by atomic mass is 10.2. The second-order valence-corrected chi connectivity index (χ2v) is 4.47. The molecule has 0 atom stereocenters. The standard InChI is InChI=1S/C13H11ClN4.ClH/c1-8-6-9(2-3-10(8)14)17-12-5-4-11-13(18-12)16-7-15-11;/h2-7H,1H3,(H2,15,16,17,18);1H.